The molecule has 0 radical (unpaired) electrons. The van der Waals surface area contributed by atoms with Gasteiger partial charge in [0, 0.05) is 16.5 Å². The molecule has 0 saturated carbocycles. The van der Waals surface area contributed by atoms with Crippen LogP contribution in [0.4, 0.5) is 8.78 Å². The van der Waals surface area contributed by atoms with Gasteiger partial charge in [-0.25, -0.2) is 8.78 Å². The van der Waals surface area contributed by atoms with Crippen molar-refractivity contribution < 1.29 is 13.9 Å². The normalized spacial score (nSPS) is 12.4. The highest BCUT2D eigenvalue weighted by Crippen LogP contribution is 2.20. The van der Waals surface area contributed by atoms with E-state index in [1.54, 1.807) is 0 Å². The molecule has 0 spiro atoms. The van der Waals surface area contributed by atoms with Gasteiger partial charge in [-0.2, -0.15) is 0 Å². The van der Waals surface area contributed by atoms with Crippen LogP contribution in [-0.2, 0) is 12.8 Å². The van der Waals surface area contributed by atoms with E-state index in [-0.39, 0.29) is 12.0 Å². The zero-order valence-electron chi connectivity index (χ0n) is 10.1. The van der Waals surface area contributed by atoms with Gasteiger partial charge in [-0.15, -0.1) is 0 Å². The minimum absolute atomic E-state index is 0.0418. The summed E-state index contributed by atoms with van der Waals surface area (Å²) in [7, 11) is 0. The predicted octanol–water partition coefficient (Wildman–Crippen LogP) is 3.87. The van der Waals surface area contributed by atoms with Crippen LogP contribution < -0.4 is 0 Å². The maximum Gasteiger partial charge on any atom is 0.129 e. The Labute approximate surface area is 119 Å². The first-order valence-corrected chi connectivity index (χ1v) is 6.71. The Morgan fingerprint density at radius 3 is 2.21 bits per heavy atom. The fourth-order valence-electron chi connectivity index (χ4n) is 1.95. The predicted molar refractivity (Wildman–Crippen MR) is 73.9 cm³/mol. The van der Waals surface area contributed by atoms with E-state index in [2.05, 4.69) is 15.9 Å². The average molecular weight is 327 g/mol. The van der Waals surface area contributed by atoms with Crippen molar-refractivity contribution in [1.82, 2.24) is 0 Å². The maximum atomic E-state index is 13.5. The van der Waals surface area contributed by atoms with E-state index >= 15 is 0 Å². The van der Waals surface area contributed by atoms with E-state index in [9.17, 15) is 13.9 Å². The lowest BCUT2D eigenvalue weighted by atomic mass is 10.0. The van der Waals surface area contributed by atoms with Gasteiger partial charge in [-0.1, -0.05) is 40.2 Å². The third-order valence-electron chi connectivity index (χ3n) is 2.91. The zero-order chi connectivity index (χ0) is 13.8. The molecule has 1 nitrogen and oxygen atoms in total. The van der Waals surface area contributed by atoms with E-state index in [1.165, 1.54) is 18.2 Å². The molecule has 0 aliphatic rings. The maximum absolute atomic E-state index is 13.5. The van der Waals surface area contributed by atoms with Crippen LogP contribution in [0.2, 0.25) is 0 Å². The highest BCUT2D eigenvalue weighted by atomic mass is 79.9. The summed E-state index contributed by atoms with van der Waals surface area (Å²) in [5, 5.41) is 9.98. The fraction of sp³-hybridized carbons (Fsp3) is 0.200. The van der Waals surface area contributed by atoms with Crippen molar-refractivity contribution in [1.29, 1.82) is 0 Å². The quantitative estimate of drug-likeness (QED) is 0.904. The molecule has 0 bridgehead atoms. The molecule has 0 saturated heterocycles. The topological polar surface area (TPSA) is 20.2 Å². The molecule has 2 rings (SSSR count). The second-order valence-electron chi connectivity index (χ2n) is 4.35. The second kappa shape index (κ2) is 6.26. The van der Waals surface area contributed by atoms with E-state index in [1.807, 2.05) is 24.3 Å². The monoisotopic (exact) mass is 326 g/mol. The Morgan fingerprint density at radius 1 is 0.947 bits per heavy atom. The van der Waals surface area contributed by atoms with Crippen molar-refractivity contribution in [3.8, 4) is 0 Å². The van der Waals surface area contributed by atoms with E-state index in [0.29, 0.717) is 6.42 Å². The number of hydrogen-bond donors (Lipinski definition) is 1. The third kappa shape index (κ3) is 3.61. The molecule has 100 valence electrons. The first-order valence-electron chi connectivity index (χ1n) is 5.92. The Kier molecular flexibility index (Phi) is 4.66. The highest BCUT2D eigenvalue weighted by Gasteiger charge is 2.15. The second-order valence-corrected chi connectivity index (χ2v) is 5.21. The number of halogens is 3. The summed E-state index contributed by atoms with van der Waals surface area (Å²) in [4.78, 5) is 0. The lowest BCUT2D eigenvalue weighted by Crippen LogP contribution is -2.16. The van der Waals surface area contributed by atoms with E-state index in [4.69, 9.17) is 0 Å². The van der Waals surface area contributed by atoms with Crippen molar-refractivity contribution in [2.75, 3.05) is 0 Å². The summed E-state index contributed by atoms with van der Waals surface area (Å²) in [6, 6.07) is 11.2. The van der Waals surface area contributed by atoms with E-state index in [0.717, 1.165) is 10.0 Å². The summed E-state index contributed by atoms with van der Waals surface area (Å²) >= 11 is 3.38. The summed E-state index contributed by atoms with van der Waals surface area (Å²) in [5.41, 5.74) is 0.841. The van der Waals surface area contributed by atoms with Crippen molar-refractivity contribution >= 4 is 15.9 Å². The molecular formula is C15H13BrF2O. The molecule has 0 aromatic heterocycles. The van der Waals surface area contributed by atoms with Crippen LogP contribution in [0.25, 0.3) is 0 Å². The molecule has 1 N–H and O–H groups in total. The third-order valence-corrected chi connectivity index (χ3v) is 3.69. The molecule has 4 heteroatoms. The number of aliphatic hydroxyl groups is 1. The number of rotatable bonds is 4. The van der Waals surface area contributed by atoms with Gasteiger partial charge in [0.25, 0.3) is 0 Å². The molecule has 2 aromatic rings. The van der Waals surface area contributed by atoms with Crippen LogP contribution in [0.1, 0.15) is 11.1 Å². The number of benzene rings is 2. The summed E-state index contributed by atoms with van der Waals surface area (Å²) < 4.78 is 27.8. The molecule has 19 heavy (non-hydrogen) atoms. The smallest absolute Gasteiger partial charge is 0.129 e. The average Bonchev–Trinajstić information content (AvgIpc) is 2.37. The molecule has 0 heterocycles. The Hall–Kier alpha value is -1.26. The lowest BCUT2D eigenvalue weighted by Gasteiger charge is -2.13. The largest absolute Gasteiger partial charge is 0.392 e. The summed E-state index contributed by atoms with van der Waals surface area (Å²) in [5.74, 6) is -1.24. The van der Waals surface area contributed by atoms with Gasteiger partial charge in [-0.05, 0) is 30.2 Å². The van der Waals surface area contributed by atoms with E-state index < -0.39 is 17.7 Å². The zero-order valence-corrected chi connectivity index (χ0v) is 11.7. The molecule has 0 amide bonds. The van der Waals surface area contributed by atoms with Gasteiger partial charge in [0.15, 0.2) is 0 Å². The Morgan fingerprint density at radius 2 is 1.58 bits per heavy atom. The van der Waals surface area contributed by atoms with Gasteiger partial charge in [-0.3, -0.25) is 0 Å². The van der Waals surface area contributed by atoms with Crippen molar-refractivity contribution in [2.45, 2.75) is 18.9 Å². The van der Waals surface area contributed by atoms with Crippen LogP contribution in [0, 0.1) is 11.6 Å². The standard InChI is InChI=1S/C15H13BrF2O/c16-13-5-2-1-4-10(13)8-11(19)9-12-14(17)6-3-7-15(12)18/h1-7,11,19H,8-9H2. The summed E-state index contributed by atoms with van der Waals surface area (Å²) in [6.45, 7) is 0. The van der Waals surface area contributed by atoms with Crippen LogP contribution >= 0.6 is 15.9 Å². The Bertz CT molecular complexity index is 552. The highest BCUT2D eigenvalue weighted by molar-refractivity contribution is 9.10. The molecule has 0 aliphatic heterocycles. The van der Waals surface area contributed by atoms with Crippen molar-refractivity contribution in [3.05, 3.63) is 69.7 Å². The minimum Gasteiger partial charge on any atom is -0.392 e. The van der Waals surface area contributed by atoms with Gasteiger partial charge >= 0.3 is 0 Å². The van der Waals surface area contributed by atoms with Crippen LogP contribution in [0.15, 0.2) is 46.9 Å². The molecular weight excluding hydrogens is 314 g/mol. The summed E-state index contributed by atoms with van der Waals surface area (Å²) in [6.07, 6.45) is -0.528. The molecule has 1 unspecified atom stereocenters. The SMILES string of the molecule is OC(Cc1ccccc1Br)Cc1c(F)cccc1F. The molecule has 1 atom stereocenters. The van der Waals surface area contributed by atoms with Gasteiger partial charge in [0.05, 0.1) is 6.10 Å². The minimum atomic E-state index is -0.829. The molecule has 0 aliphatic carbocycles. The Balaban J connectivity index is 2.10. The van der Waals surface area contributed by atoms with Crippen LogP contribution in [0.3, 0.4) is 0 Å². The number of aliphatic hydroxyl groups excluding tert-OH is 1. The van der Waals surface area contributed by atoms with Gasteiger partial charge in [0.1, 0.15) is 11.6 Å². The van der Waals surface area contributed by atoms with Crippen molar-refractivity contribution in [2.24, 2.45) is 0 Å². The molecule has 2 aromatic carbocycles. The molecule has 0 fully saturated rings. The fourth-order valence-corrected chi connectivity index (χ4v) is 2.40. The lowest BCUT2D eigenvalue weighted by molar-refractivity contribution is 0.172. The van der Waals surface area contributed by atoms with Gasteiger partial charge < -0.3 is 5.11 Å². The number of hydrogen-bond acceptors (Lipinski definition) is 1. The van der Waals surface area contributed by atoms with Gasteiger partial charge in [0.2, 0.25) is 0 Å². The van der Waals surface area contributed by atoms with Crippen molar-refractivity contribution in [3.63, 3.8) is 0 Å². The van der Waals surface area contributed by atoms with Crippen LogP contribution in [0.5, 0.6) is 0 Å². The first kappa shape index (κ1) is 14.2. The first-order chi connectivity index (χ1) is 9.08. The van der Waals surface area contributed by atoms with Crippen LogP contribution in [-0.4, -0.2) is 11.2 Å².